The van der Waals surface area contributed by atoms with Gasteiger partial charge in [-0.1, -0.05) is 36.4 Å². The van der Waals surface area contributed by atoms with Gasteiger partial charge in [0.05, 0.1) is 17.6 Å². The van der Waals surface area contributed by atoms with E-state index in [2.05, 4.69) is 11.4 Å². The van der Waals surface area contributed by atoms with Crippen LogP contribution < -0.4 is 10.1 Å². The van der Waals surface area contributed by atoms with Crippen LogP contribution in [-0.2, 0) is 12.7 Å². The Kier molecular flexibility index (Phi) is 8.19. The maximum Gasteiger partial charge on any atom is 0.416 e. The number of methoxy groups -OCH3 is 1. The predicted molar refractivity (Wildman–Crippen MR) is 155 cm³/mol. The van der Waals surface area contributed by atoms with Crippen LogP contribution in [0.3, 0.4) is 0 Å². The second-order valence-electron chi connectivity index (χ2n) is 10.4. The Morgan fingerprint density at radius 2 is 1.68 bits per heavy atom. The van der Waals surface area contributed by atoms with Gasteiger partial charge in [0.15, 0.2) is 0 Å². The van der Waals surface area contributed by atoms with Crippen molar-refractivity contribution in [3.8, 4) is 16.9 Å². The zero-order chi connectivity index (χ0) is 28.4. The summed E-state index contributed by atoms with van der Waals surface area (Å²) in [6.45, 7) is 2.35. The smallest absolute Gasteiger partial charge is 0.416 e. The van der Waals surface area contributed by atoms with Crippen LogP contribution in [0.1, 0.15) is 52.0 Å². The number of halogens is 3. The van der Waals surface area contributed by atoms with Gasteiger partial charge in [-0.25, -0.2) is 0 Å². The molecule has 3 aromatic carbocycles. The molecule has 0 aliphatic heterocycles. The molecule has 210 valence electrons. The highest BCUT2D eigenvalue weighted by Crippen LogP contribution is 2.36. The molecule has 0 radical (unpaired) electrons. The van der Waals surface area contributed by atoms with E-state index in [-0.39, 0.29) is 11.9 Å². The summed E-state index contributed by atoms with van der Waals surface area (Å²) in [5, 5.41) is 4.46. The third kappa shape index (κ3) is 5.74. The van der Waals surface area contributed by atoms with Crippen LogP contribution >= 0.6 is 11.3 Å². The molecule has 4 aromatic rings. The molecule has 1 amide bonds. The van der Waals surface area contributed by atoms with E-state index >= 15 is 0 Å². The van der Waals surface area contributed by atoms with E-state index in [0.29, 0.717) is 23.9 Å². The third-order valence-corrected chi connectivity index (χ3v) is 9.27. The second kappa shape index (κ2) is 11.6. The average molecular weight is 567 g/mol. The molecule has 40 heavy (non-hydrogen) atoms. The van der Waals surface area contributed by atoms with Crippen LogP contribution in [0.2, 0.25) is 0 Å². The minimum absolute atomic E-state index is 0.00796. The van der Waals surface area contributed by atoms with Gasteiger partial charge in [0.25, 0.3) is 5.91 Å². The lowest BCUT2D eigenvalue weighted by Gasteiger charge is -2.37. The molecular formula is C32H33F3N2O2S. The number of hydrogen-bond donors (Lipinski definition) is 1. The third-order valence-electron chi connectivity index (χ3n) is 8.01. The Morgan fingerprint density at radius 3 is 2.30 bits per heavy atom. The number of nitrogens with zero attached hydrogens (tertiary/aromatic N) is 1. The van der Waals surface area contributed by atoms with Crippen molar-refractivity contribution in [3.63, 3.8) is 0 Å². The van der Waals surface area contributed by atoms with Gasteiger partial charge >= 0.3 is 6.18 Å². The molecule has 8 heteroatoms. The normalized spacial score (nSPS) is 17.6. The molecule has 0 spiro atoms. The monoisotopic (exact) mass is 566 g/mol. The molecule has 0 unspecified atom stereocenters. The number of carbonyl (C=O) groups excluding carboxylic acids is 1. The number of alkyl halides is 3. The standard InChI is InChI=1S/C32H33F3N2O2S/c1-20-27-6-4-5-7-29(27)40-30(20)31(38)37(26-15-13-25(36-2)14-16-26)19-23-18-22(10-17-28(23)39-3)21-8-11-24(12-9-21)32(33,34)35/h4-12,17-18,25-26,36H,13-16,19H2,1-3H3/t25-,26-. The summed E-state index contributed by atoms with van der Waals surface area (Å²) >= 11 is 1.53. The summed E-state index contributed by atoms with van der Waals surface area (Å²) in [5.74, 6) is 0.652. The highest BCUT2D eigenvalue weighted by molar-refractivity contribution is 7.21. The Hall–Kier alpha value is -3.36. The quantitative estimate of drug-likeness (QED) is 0.246. The first-order valence-electron chi connectivity index (χ1n) is 13.5. The highest BCUT2D eigenvalue weighted by Gasteiger charge is 2.32. The number of benzene rings is 3. The first-order chi connectivity index (χ1) is 19.2. The summed E-state index contributed by atoms with van der Waals surface area (Å²) in [4.78, 5) is 17.0. The fraction of sp³-hybridized carbons (Fsp3) is 0.344. The number of ether oxygens (including phenoxy) is 1. The lowest BCUT2D eigenvalue weighted by atomic mass is 9.89. The van der Waals surface area contributed by atoms with Crippen molar-refractivity contribution in [2.45, 2.75) is 57.4 Å². The summed E-state index contributed by atoms with van der Waals surface area (Å²) in [5.41, 5.74) is 2.57. The molecule has 1 aliphatic rings. The second-order valence-corrected chi connectivity index (χ2v) is 11.4. The minimum Gasteiger partial charge on any atom is -0.496 e. The van der Waals surface area contributed by atoms with Gasteiger partial charge in [0, 0.05) is 28.9 Å². The molecule has 1 N–H and O–H groups in total. The van der Waals surface area contributed by atoms with E-state index in [1.807, 2.05) is 55.3 Å². The van der Waals surface area contributed by atoms with E-state index in [9.17, 15) is 18.0 Å². The van der Waals surface area contributed by atoms with E-state index in [4.69, 9.17) is 4.74 Å². The minimum atomic E-state index is -4.39. The Morgan fingerprint density at radius 1 is 1.00 bits per heavy atom. The van der Waals surface area contributed by atoms with Gasteiger partial charge in [-0.3, -0.25) is 4.79 Å². The number of aryl methyl sites for hydroxylation is 1. The Balaban J connectivity index is 1.51. The van der Waals surface area contributed by atoms with Crippen molar-refractivity contribution in [1.82, 2.24) is 10.2 Å². The number of amides is 1. The number of rotatable bonds is 7. The van der Waals surface area contributed by atoms with Crippen LogP contribution in [0.25, 0.3) is 21.2 Å². The van der Waals surface area contributed by atoms with Gasteiger partial charge in [-0.15, -0.1) is 11.3 Å². The van der Waals surface area contributed by atoms with Crippen molar-refractivity contribution in [2.24, 2.45) is 0 Å². The molecule has 1 aromatic heterocycles. The molecule has 1 fully saturated rings. The maximum atomic E-state index is 14.2. The molecule has 1 saturated carbocycles. The number of carbonyl (C=O) groups is 1. The molecule has 0 atom stereocenters. The van der Waals surface area contributed by atoms with E-state index in [1.165, 1.54) is 23.5 Å². The van der Waals surface area contributed by atoms with Gasteiger partial charge in [0.2, 0.25) is 0 Å². The van der Waals surface area contributed by atoms with Crippen molar-refractivity contribution < 1.29 is 22.7 Å². The number of fused-ring (bicyclic) bond motifs is 1. The van der Waals surface area contributed by atoms with Crippen LogP contribution in [0.15, 0.2) is 66.7 Å². The van der Waals surface area contributed by atoms with Gasteiger partial charge in [-0.05, 0) is 92.1 Å². The molecule has 4 nitrogen and oxygen atoms in total. The Bertz CT molecular complexity index is 1490. The fourth-order valence-electron chi connectivity index (χ4n) is 5.67. The fourth-order valence-corrected chi connectivity index (χ4v) is 6.83. The maximum absolute atomic E-state index is 14.2. The van der Waals surface area contributed by atoms with Gasteiger partial charge in [-0.2, -0.15) is 13.2 Å². The van der Waals surface area contributed by atoms with E-state index in [0.717, 1.165) is 69.5 Å². The molecule has 1 aliphatic carbocycles. The average Bonchev–Trinajstić information content (AvgIpc) is 3.31. The summed E-state index contributed by atoms with van der Waals surface area (Å²) < 4.78 is 46.1. The zero-order valence-electron chi connectivity index (χ0n) is 22.8. The first-order valence-corrected chi connectivity index (χ1v) is 14.3. The predicted octanol–water partition coefficient (Wildman–Crippen LogP) is 8.08. The van der Waals surface area contributed by atoms with Crippen molar-refractivity contribution in [3.05, 3.63) is 88.3 Å². The van der Waals surface area contributed by atoms with Crippen LogP contribution in [0.5, 0.6) is 5.75 Å². The number of hydrogen-bond acceptors (Lipinski definition) is 4. The SMILES string of the molecule is CN[C@H]1CC[C@H](N(Cc2cc(-c3ccc(C(F)(F)F)cc3)ccc2OC)C(=O)c2sc3ccccc3c2C)CC1. The van der Waals surface area contributed by atoms with Crippen molar-refractivity contribution in [2.75, 3.05) is 14.2 Å². The molecular weight excluding hydrogens is 533 g/mol. The summed E-state index contributed by atoms with van der Waals surface area (Å²) in [7, 11) is 3.57. The van der Waals surface area contributed by atoms with Crippen LogP contribution in [-0.4, -0.2) is 37.0 Å². The van der Waals surface area contributed by atoms with E-state index in [1.54, 1.807) is 7.11 Å². The zero-order valence-corrected chi connectivity index (χ0v) is 23.7. The summed E-state index contributed by atoms with van der Waals surface area (Å²) in [6, 6.07) is 19.3. The van der Waals surface area contributed by atoms with E-state index < -0.39 is 11.7 Å². The van der Waals surface area contributed by atoms with Crippen LogP contribution in [0.4, 0.5) is 13.2 Å². The number of nitrogens with one attached hydrogen (secondary N) is 1. The Labute approximate surface area is 236 Å². The van der Waals surface area contributed by atoms with Crippen LogP contribution in [0, 0.1) is 6.92 Å². The molecule has 0 bridgehead atoms. The largest absolute Gasteiger partial charge is 0.496 e. The lowest BCUT2D eigenvalue weighted by molar-refractivity contribution is -0.137. The molecule has 1 heterocycles. The first kappa shape index (κ1) is 28.2. The molecule has 0 saturated heterocycles. The van der Waals surface area contributed by atoms with Crippen molar-refractivity contribution >= 4 is 27.3 Å². The summed E-state index contributed by atoms with van der Waals surface area (Å²) in [6.07, 6.45) is -0.635. The van der Waals surface area contributed by atoms with Gasteiger partial charge < -0.3 is 15.0 Å². The number of thiophene rings is 1. The van der Waals surface area contributed by atoms with Crippen molar-refractivity contribution in [1.29, 1.82) is 0 Å². The highest BCUT2D eigenvalue weighted by atomic mass is 32.1. The lowest BCUT2D eigenvalue weighted by Crippen LogP contribution is -2.44. The molecule has 5 rings (SSSR count). The van der Waals surface area contributed by atoms with Gasteiger partial charge in [0.1, 0.15) is 5.75 Å². The topological polar surface area (TPSA) is 41.6 Å².